The predicted octanol–water partition coefficient (Wildman–Crippen LogP) is 3.53. The molecule has 0 spiro atoms. The largest absolute Gasteiger partial charge is 0.298 e. The van der Waals surface area contributed by atoms with E-state index in [1.807, 2.05) is 12.1 Å². The van der Waals surface area contributed by atoms with E-state index in [-0.39, 0.29) is 5.82 Å². The molecular formula is C17H19BNO. The summed E-state index contributed by atoms with van der Waals surface area (Å²) in [5.74, 6) is 0.762. The third-order valence-electron chi connectivity index (χ3n) is 4.06. The van der Waals surface area contributed by atoms with Crippen molar-refractivity contribution in [1.82, 2.24) is 5.39 Å². The maximum absolute atomic E-state index is 6.08. The summed E-state index contributed by atoms with van der Waals surface area (Å²) in [7, 11) is 2.07. The monoisotopic (exact) mass is 264 g/mol. The highest BCUT2D eigenvalue weighted by Crippen LogP contribution is 2.48. The summed E-state index contributed by atoms with van der Waals surface area (Å²) in [5.41, 5.74) is 1.92. The van der Waals surface area contributed by atoms with Crippen LogP contribution in [0.3, 0.4) is 0 Å². The molecule has 1 aliphatic rings. The van der Waals surface area contributed by atoms with E-state index >= 15 is 0 Å². The highest BCUT2D eigenvalue weighted by molar-refractivity contribution is 6.35. The van der Waals surface area contributed by atoms with Gasteiger partial charge in [0.2, 0.25) is 7.41 Å². The lowest BCUT2D eigenvalue weighted by molar-refractivity contribution is -0.0357. The van der Waals surface area contributed by atoms with E-state index in [0.29, 0.717) is 5.92 Å². The molecule has 1 unspecified atom stereocenters. The van der Waals surface area contributed by atoms with Crippen LogP contribution >= 0.6 is 0 Å². The van der Waals surface area contributed by atoms with E-state index in [9.17, 15) is 0 Å². The van der Waals surface area contributed by atoms with Gasteiger partial charge in [-0.1, -0.05) is 74.5 Å². The van der Waals surface area contributed by atoms with Crippen LogP contribution in [0.1, 0.15) is 25.0 Å². The van der Waals surface area contributed by atoms with Gasteiger partial charge in [0.15, 0.2) is 0 Å². The van der Waals surface area contributed by atoms with Gasteiger partial charge in [-0.25, -0.2) is 5.39 Å². The molecule has 1 fully saturated rings. The molecule has 1 N–H and O–H groups in total. The van der Waals surface area contributed by atoms with Crippen molar-refractivity contribution < 1.29 is 4.84 Å². The molecular weight excluding hydrogens is 245 g/mol. The zero-order valence-corrected chi connectivity index (χ0v) is 11.9. The van der Waals surface area contributed by atoms with E-state index in [1.54, 1.807) is 0 Å². The standard InChI is InChI=1S/C17H19BNO/c1-13(2)16-17(20-19-18-16,14-9-5-3-6-10-14)15-11-7-4-8-12-15/h3-13,16,19H,1-2H3. The van der Waals surface area contributed by atoms with Crippen molar-refractivity contribution in [3.05, 3.63) is 71.8 Å². The summed E-state index contributed by atoms with van der Waals surface area (Å²) in [5, 5.41) is 3.02. The Morgan fingerprint density at radius 2 is 1.45 bits per heavy atom. The van der Waals surface area contributed by atoms with Crippen LogP contribution in [-0.4, -0.2) is 7.41 Å². The molecule has 2 nitrogen and oxygen atoms in total. The summed E-state index contributed by atoms with van der Waals surface area (Å²) in [6.45, 7) is 4.47. The second kappa shape index (κ2) is 5.43. The second-order valence-electron chi connectivity index (χ2n) is 5.62. The molecule has 2 aromatic rings. The molecule has 20 heavy (non-hydrogen) atoms. The molecule has 0 aliphatic carbocycles. The third-order valence-corrected chi connectivity index (χ3v) is 4.06. The first kappa shape index (κ1) is 13.4. The fourth-order valence-electron chi connectivity index (χ4n) is 3.09. The van der Waals surface area contributed by atoms with E-state index in [1.165, 1.54) is 11.1 Å². The van der Waals surface area contributed by atoms with Gasteiger partial charge in [-0.15, -0.1) is 0 Å². The number of benzene rings is 2. The molecule has 1 aliphatic heterocycles. The highest BCUT2D eigenvalue weighted by atomic mass is 16.7. The SMILES string of the molecule is CC(C)C1[B]NOC1(c1ccccc1)c1ccccc1. The van der Waals surface area contributed by atoms with E-state index in [2.05, 4.69) is 75.2 Å². The molecule has 1 atom stereocenters. The van der Waals surface area contributed by atoms with Gasteiger partial charge in [0.1, 0.15) is 5.60 Å². The fourth-order valence-corrected chi connectivity index (χ4v) is 3.09. The molecule has 0 saturated carbocycles. The second-order valence-corrected chi connectivity index (χ2v) is 5.62. The molecule has 0 aromatic heterocycles. The van der Waals surface area contributed by atoms with E-state index in [0.717, 1.165) is 0 Å². The Kier molecular flexibility index (Phi) is 3.64. The molecule has 1 radical (unpaired) electrons. The molecule has 1 heterocycles. The van der Waals surface area contributed by atoms with Crippen molar-refractivity contribution >= 4 is 7.41 Å². The smallest absolute Gasteiger partial charge is 0.249 e. The number of hydrogen-bond donors (Lipinski definition) is 1. The minimum absolute atomic E-state index is 0.285. The zero-order valence-electron chi connectivity index (χ0n) is 11.9. The Hall–Kier alpha value is -1.58. The lowest BCUT2D eigenvalue weighted by Gasteiger charge is -2.36. The van der Waals surface area contributed by atoms with Crippen molar-refractivity contribution in [3.8, 4) is 0 Å². The average Bonchev–Trinajstić information content (AvgIpc) is 2.95. The Labute approximate surface area is 121 Å². The van der Waals surface area contributed by atoms with Gasteiger partial charge in [-0.3, -0.25) is 4.84 Å². The van der Waals surface area contributed by atoms with Gasteiger partial charge in [0, 0.05) is 0 Å². The molecule has 3 heteroatoms. The van der Waals surface area contributed by atoms with Crippen LogP contribution in [0.4, 0.5) is 0 Å². The van der Waals surface area contributed by atoms with Gasteiger partial charge in [0.05, 0.1) is 0 Å². The molecule has 1 saturated heterocycles. The highest BCUT2D eigenvalue weighted by Gasteiger charge is 2.49. The van der Waals surface area contributed by atoms with Crippen LogP contribution < -0.4 is 5.39 Å². The average molecular weight is 264 g/mol. The van der Waals surface area contributed by atoms with Gasteiger partial charge < -0.3 is 0 Å². The summed E-state index contributed by atoms with van der Waals surface area (Å²) in [6.07, 6.45) is 0. The maximum Gasteiger partial charge on any atom is 0.249 e. The number of hydrogen-bond acceptors (Lipinski definition) is 2. The maximum atomic E-state index is 6.08. The number of rotatable bonds is 3. The topological polar surface area (TPSA) is 21.3 Å². The summed E-state index contributed by atoms with van der Waals surface area (Å²) in [4.78, 5) is 6.08. The molecule has 2 aromatic carbocycles. The molecule has 101 valence electrons. The van der Waals surface area contributed by atoms with Gasteiger partial charge >= 0.3 is 0 Å². The molecule has 0 amide bonds. The van der Waals surface area contributed by atoms with Crippen molar-refractivity contribution in [1.29, 1.82) is 0 Å². The third kappa shape index (κ3) is 2.07. The van der Waals surface area contributed by atoms with Crippen molar-refractivity contribution in [2.24, 2.45) is 5.92 Å². The predicted molar refractivity (Wildman–Crippen MR) is 82.2 cm³/mol. The fraction of sp³-hybridized carbons (Fsp3) is 0.294. The van der Waals surface area contributed by atoms with Gasteiger partial charge in [-0.05, 0) is 22.9 Å². The van der Waals surface area contributed by atoms with Crippen LogP contribution in [0, 0.1) is 5.92 Å². The van der Waals surface area contributed by atoms with E-state index in [4.69, 9.17) is 4.84 Å². The van der Waals surface area contributed by atoms with Gasteiger partial charge in [-0.2, -0.15) is 0 Å². The lowest BCUT2D eigenvalue weighted by atomic mass is 9.58. The Morgan fingerprint density at radius 3 is 1.90 bits per heavy atom. The normalized spacial score (nSPS) is 20.9. The summed E-state index contributed by atoms with van der Waals surface area (Å²) in [6, 6.07) is 20.9. The minimum Gasteiger partial charge on any atom is -0.298 e. The molecule has 0 bridgehead atoms. The first-order valence-corrected chi connectivity index (χ1v) is 7.13. The van der Waals surface area contributed by atoms with E-state index < -0.39 is 5.60 Å². The number of nitrogens with one attached hydrogen (secondary N) is 1. The summed E-state index contributed by atoms with van der Waals surface area (Å²) >= 11 is 0. The van der Waals surface area contributed by atoms with Crippen molar-refractivity contribution in [2.75, 3.05) is 0 Å². The molecule has 3 rings (SSSR count). The first-order valence-electron chi connectivity index (χ1n) is 7.13. The van der Waals surface area contributed by atoms with Crippen LogP contribution in [0.25, 0.3) is 0 Å². The zero-order chi connectivity index (χ0) is 14.0. The van der Waals surface area contributed by atoms with Crippen LogP contribution in [0.5, 0.6) is 0 Å². The Bertz CT molecular complexity index is 516. The Balaban J connectivity index is 2.18. The van der Waals surface area contributed by atoms with Crippen molar-refractivity contribution in [2.45, 2.75) is 25.3 Å². The van der Waals surface area contributed by atoms with Crippen LogP contribution in [0.2, 0.25) is 5.82 Å². The first-order chi connectivity index (χ1) is 9.75. The van der Waals surface area contributed by atoms with Crippen LogP contribution in [-0.2, 0) is 10.4 Å². The van der Waals surface area contributed by atoms with Crippen LogP contribution in [0.15, 0.2) is 60.7 Å². The quantitative estimate of drug-likeness (QED) is 0.856. The van der Waals surface area contributed by atoms with Gasteiger partial charge in [0.25, 0.3) is 0 Å². The minimum atomic E-state index is -0.448. The Morgan fingerprint density at radius 1 is 0.950 bits per heavy atom. The van der Waals surface area contributed by atoms with Crippen molar-refractivity contribution in [3.63, 3.8) is 0 Å². The summed E-state index contributed by atoms with van der Waals surface area (Å²) < 4.78 is 0. The lowest BCUT2D eigenvalue weighted by Crippen LogP contribution is -2.34.